The van der Waals surface area contributed by atoms with E-state index in [1.807, 2.05) is 11.3 Å². The van der Waals surface area contributed by atoms with Crippen molar-refractivity contribution in [3.05, 3.63) is 20.8 Å². The van der Waals surface area contributed by atoms with E-state index >= 15 is 0 Å². The Morgan fingerprint density at radius 2 is 2.38 bits per heavy atom. The molecule has 0 aliphatic heterocycles. The first-order valence-corrected chi connectivity index (χ1v) is 6.33. The lowest BCUT2D eigenvalue weighted by atomic mass is 10.1. The zero-order chi connectivity index (χ0) is 9.26. The van der Waals surface area contributed by atoms with E-state index in [1.54, 1.807) is 0 Å². The van der Waals surface area contributed by atoms with Crippen molar-refractivity contribution in [1.29, 1.82) is 0 Å². The van der Waals surface area contributed by atoms with Crippen LogP contribution in [0.5, 0.6) is 0 Å². The monoisotopic (exact) mass is 259 g/mol. The molecule has 1 aromatic heterocycles. The molecular formula is C10H14BrNS. The van der Waals surface area contributed by atoms with Crippen LogP contribution in [0, 0.1) is 5.92 Å². The summed E-state index contributed by atoms with van der Waals surface area (Å²) in [6, 6.07) is 4.93. The van der Waals surface area contributed by atoms with Crippen LogP contribution >= 0.6 is 27.3 Å². The summed E-state index contributed by atoms with van der Waals surface area (Å²) in [6.45, 7) is 0. The molecule has 1 saturated carbocycles. The third-order valence-electron chi connectivity index (χ3n) is 2.55. The van der Waals surface area contributed by atoms with Gasteiger partial charge in [-0.25, -0.2) is 0 Å². The summed E-state index contributed by atoms with van der Waals surface area (Å²) in [6.07, 6.45) is 4.18. The smallest absolute Gasteiger partial charge is 0.0701 e. The van der Waals surface area contributed by atoms with Crippen molar-refractivity contribution in [2.45, 2.75) is 25.3 Å². The quantitative estimate of drug-likeness (QED) is 0.872. The van der Waals surface area contributed by atoms with E-state index in [1.165, 1.54) is 27.9 Å². The van der Waals surface area contributed by atoms with Gasteiger partial charge < -0.3 is 5.32 Å². The third kappa shape index (κ3) is 2.55. The van der Waals surface area contributed by atoms with Gasteiger partial charge in [0.1, 0.15) is 0 Å². The van der Waals surface area contributed by atoms with Crippen LogP contribution in [-0.4, -0.2) is 7.05 Å². The summed E-state index contributed by atoms with van der Waals surface area (Å²) in [4.78, 5) is 1.46. The highest BCUT2D eigenvalue weighted by Crippen LogP contribution is 2.39. The Labute approximate surface area is 91.7 Å². The van der Waals surface area contributed by atoms with Gasteiger partial charge in [0.25, 0.3) is 0 Å². The molecule has 1 aliphatic rings. The molecule has 2 rings (SSSR count). The van der Waals surface area contributed by atoms with Gasteiger partial charge in [-0.05, 0) is 47.4 Å². The zero-order valence-electron chi connectivity index (χ0n) is 7.72. The molecule has 1 aliphatic carbocycles. The maximum atomic E-state index is 3.50. The maximum absolute atomic E-state index is 3.50. The van der Waals surface area contributed by atoms with Gasteiger partial charge in [0, 0.05) is 10.9 Å². The second kappa shape index (κ2) is 4.11. The van der Waals surface area contributed by atoms with Crippen LogP contribution < -0.4 is 5.32 Å². The van der Waals surface area contributed by atoms with Crippen LogP contribution in [0.3, 0.4) is 0 Å². The Morgan fingerprint density at radius 1 is 1.62 bits per heavy atom. The fourth-order valence-electron chi connectivity index (χ4n) is 1.58. The molecule has 0 radical (unpaired) electrons. The molecule has 1 atom stereocenters. The van der Waals surface area contributed by atoms with Crippen LogP contribution in [0.2, 0.25) is 0 Å². The summed E-state index contributed by atoms with van der Waals surface area (Å²) >= 11 is 5.35. The van der Waals surface area contributed by atoms with Crippen LogP contribution in [0.4, 0.5) is 0 Å². The summed E-state index contributed by atoms with van der Waals surface area (Å²) in [5, 5.41) is 3.39. The molecule has 0 spiro atoms. The van der Waals surface area contributed by atoms with Crippen molar-refractivity contribution < 1.29 is 0 Å². The molecule has 1 N–H and O–H groups in total. The molecule has 0 saturated heterocycles. The van der Waals surface area contributed by atoms with Gasteiger partial charge in [-0.1, -0.05) is 12.8 Å². The molecule has 0 bridgehead atoms. The van der Waals surface area contributed by atoms with E-state index in [-0.39, 0.29) is 0 Å². The van der Waals surface area contributed by atoms with Gasteiger partial charge in [-0.15, -0.1) is 11.3 Å². The van der Waals surface area contributed by atoms with Crippen LogP contribution in [0.1, 0.15) is 30.2 Å². The Hall–Kier alpha value is 0.140. The molecule has 13 heavy (non-hydrogen) atoms. The fraction of sp³-hybridized carbons (Fsp3) is 0.600. The van der Waals surface area contributed by atoms with Gasteiger partial charge in [-0.2, -0.15) is 0 Å². The Bertz CT molecular complexity index is 280. The second-order valence-electron chi connectivity index (χ2n) is 3.66. The number of thiophene rings is 1. The van der Waals surface area contributed by atoms with E-state index in [2.05, 4.69) is 40.4 Å². The first-order chi connectivity index (χ1) is 6.29. The average molecular weight is 260 g/mol. The van der Waals surface area contributed by atoms with Crippen molar-refractivity contribution in [3.8, 4) is 0 Å². The molecule has 1 unspecified atom stereocenters. The van der Waals surface area contributed by atoms with E-state index in [0.717, 1.165) is 5.92 Å². The van der Waals surface area contributed by atoms with E-state index in [9.17, 15) is 0 Å². The summed E-state index contributed by atoms with van der Waals surface area (Å²) in [5.41, 5.74) is 0. The first-order valence-electron chi connectivity index (χ1n) is 4.72. The van der Waals surface area contributed by atoms with Crippen molar-refractivity contribution in [2.75, 3.05) is 7.05 Å². The van der Waals surface area contributed by atoms with Gasteiger partial charge in [-0.3, -0.25) is 0 Å². The van der Waals surface area contributed by atoms with Crippen LogP contribution in [-0.2, 0) is 0 Å². The minimum Gasteiger partial charge on any atom is -0.312 e. The number of halogens is 1. The molecule has 3 heteroatoms. The highest BCUT2D eigenvalue weighted by molar-refractivity contribution is 9.11. The summed E-state index contributed by atoms with van der Waals surface area (Å²) < 4.78 is 1.23. The second-order valence-corrected chi connectivity index (χ2v) is 6.16. The predicted molar refractivity (Wildman–Crippen MR) is 61.2 cm³/mol. The van der Waals surface area contributed by atoms with E-state index in [4.69, 9.17) is 0 Å². The van der Waals surface area contributed by atoms with Gasteiger partial charge in [0.05, 0.1) is 3.79 Å². The third-order valence-corrected chi connectivity index (χ3v) is 4.29. The molecule has 1 aromatic rings. The minimum absolute atomic E-state index is 0.573. The molecule has 0 amide bonds. The number of nitrogens with one attached hydrogen (secondary N) is 1. The van der Waals surface area contributed by atoms with Crippen molar-refractivity contribution in [1.82, 2.24) is 5.32 Å². The number of hydrogen-bond acceptors (Lipinski definition) is 2. The predicted octanol–water partition coefficient (Wildman–Crippen LogP) is 3.57. The summed E-state index contributed by atoms with van der Waals surface area (Å²) in [5.74, 6) is 0.985. The first kappa shape index (κ1) is 9.69. The lowest BCUT2D eigenvalue weighted by Gasteiger charge is -2.13. The Morgan fingerprint density at radius 3 is 2.85 bits per heavy atom. The lowest BCUT2D eigenvalue weighted by Crippen LogP contribution is -2.15. The highest BCUT2D eigenvalue weighted by atomic mass is 79.9. The Kier molecular flexibility index (Phi) is 3.06. The molecular weight excluding hydrogens is 246 g/mol. The van der Waals surface area contributed by atoms with Crippen molar-refractivity contribution in [3.63, 3.8) is 0 Å². The fourth-order valence-corrected chi connectivity index (χ4v) is 3.13. The lowest BCUT2D eigenvalue weighted by molar-refractivity contribution is 0.522. The minimum atomic E-state index is 0.573. The van der Waals surface area contributed by atoms with Gasteiger partial charge in [0.15, 0.2) is 0 Å². The van der Waals surface area contributed by atoms with Crippen molar-refractivity contribution in [2.24, 2.45) is 5.92 Å². The largest absolute Gasteiger partial charge is 0.312 e. The molecule has 1 nitrogen and oxygen atoms in total. The van der Waals surface area contributed by atoms with Crippen LogP contribution in [0.25, 0.3) is 0 Å². The molecule has 1 heterocycles. The number of hydrogen-bond donors (Lipinski definition) is 1. The normalized spacial score (nSPS) is 18.9. The van der Waals surface area contributed by atoms with E-state index in [0.29, 0.717) is 6.04 Å². The standard InChI is InChI=1S/C10H14BrNS/c1-12-8(6-7-2-3-7)9-4-5-10(11)13-9/h4-5,7-8,12H,2-3,6H2,1H3. The van der Waals surface area contributed by atoms with Gasteiger partial charge in [0.2, 0.25) is 0 Å². The highest BCUT2D eigenvalue weighted by Gasteiger charge is 2.26. The van der Waals surface area contributed by atoms with Crippen molar-refractivity contribution >= 4 is 27.3 Å². The van der Waals surface area contributed by atoms with Gasteiger partial charge >= 0.3 is 0 Å². The zero-order valence-corrected chi connectivity index (χ0v) is 10.1. The SMILES string of the molecule is CNC(CC1CC1)c1ccc(Br)s1. The Balaban J connectivity index is 2.01. The molecule has 72 valence electrons. The van der Waals surface area contributed by atoms with E-state index < -0.39 is 0 Å². The molecule has 1 fully saturated rings. The molecule has 0 aromatic carbocycles. The maximum Gasteiger partial charge on any atom is 0.0701 e. The number of rotatable bonds is 4. The van der Waals surface area contributed by atoms with Crippen LogP contribution in [0.15, 0.2) is 15.9 Å². The topological polar surface area (TPSA) is 12.0 Å². The summed E-state index contributed by atoms with van der Waals surface area (Å²) in [7, 11) is 2.06. The average Bonchev–Trinajstić information content (AvgIpc) is 2.84.